The fraction of sp³-hybridized carbons (Fsp3) is 0.143. The summed E-state index contributed by atoms with van der Waals surface area (Å²) in [5.74, 6) is 1.19. The molecule has 1 aliphatic heterocycles. The monoisotopic (exact) mass is 240 g/mol. The van der Waals surface area contributed by atoms with Crippen molar-refractivity contribution < 1.29 is 9.53 Å². The molecule has 0 fully saturated rings. The van der Waals surface area contributed by atoms with Gasteiger partial charge in [0.1, 0.15) is 0 Å². The Hall–Kier alpha value is -2.36. The van der Waals surface area contributed by atoms with Gasteiger partial charge in [0, 0.05) is 6.20 Å². The third kappa shape index (κ3) is 1.93. The zero-order valence-corrected chi connectivity index (χ0v) is 9.74. The second-order valence-electron chi connectivity index (χ2n) is 4.08. The van der Waals surface area contributed by atoms with Crippen LogP contribution in [0.5, 0.6) is 5.75 Å². The molecule has 0 saturated carbocycles. The smallest absolute Gasteiger partial charge is 0.266 e. The summed E-state index contributed by atoms with van der Waals surface area (Å²) in [5, 5.41) is 0. The first kappa shape index (κ1) is 10.8. The highest BCUT2D eigenvalue weighted by molar-refractivity contribution is 5.96. The van der Waals surface area contributed by atoms with Crippen molar-refractivity contribution >= 4 is 11.7 Å². The fourth-order valence-corrected chi connectivity index (χ4v) is 1.96. The average molecular weight is 240 g/mol. The summed E-state index contributed by atoms with van der Waals surface area (Å²) in [5.41, 5.74) is 1.07. The number of pyridine rings is 1. The first-order chi connectivity index (χ1) is 8.84. The number of nitrogens with zero attached hydrogens (tertiary/aromatic N) is 2. The molecule has 3 rings (SSSR count). The fourth-order valence-electron chi connectivity index (χ4n) is 1.96. The molecule has 1 aromatic heterocycles. The summed E-state index contributed by atoms with van der Waals surface area (Å²) in [7, 11) is 0. The number of hydrogen-bond donors (Lipinski definition) is 0. The summed E-state index contributed by atoms with van der Waals surface area (Å²) in [6, 6.07) is 13.5. The SMILES string of the molecule is O=C1COc2cccnc2N1Cc1ccccc1. The van der Waals surface area contributed by atoms with Gasteiger partial charge in [0.25, 0.3) is 5.91 Å². The molecular formula is C14H12N2O2. The normalized spacial score (nSPS) is 14.0. The molecule has 1 aromatic carbocycles. The van der Waals surface area contributed by atoms with Crippen LogP contribution in [0.1, 0.15) is 5.56 Å². The van der Waals surface area contributed by atoms with Crippen molar-refractivity contribution in [2.75, 3.05) is 11.5 Å². The molecule has 4 nitrogen and oxygen atoms in total. The third-order valence-corrected chi connectivity index (χ3v) is 2.84. The van der Waals surface area contributed by atoms with Crippen molar-refractivity contribution in [3.05, 3.63) is 54.2 Å². The summed E-state index contributed by atoms with van der Waals surface area (Å²) < 4.78 is 5.35. The van der Waals surface area contributed by atoms with Crippen molar-refractivity contribution in [2.24, 2.45) is 0 Å². The van der Waals surface area contributed by atoms with Gasteiger partial charge in [-0.1, -0.05) is 30.3 Å². The minimum absolute atomic E-state index is 0.0648. The second kappa shape index (κ2) is 4.49. The van der Waals surface area contributed by atoms with Crippen LogP contribution in [0.4, 0.5) is 5.82 Å². The lowest BCUT2D eigenvalue weighted by molar-refractivity contribution is -0.121. The highest BCUT2D eigenvalue weighted by Gasteiger charge is 2.26. The van der Waals surface area contributed by atoms with Crippen LogP contribution in [0.2, 0.25) is 0 Å². The molecule has 1 aliphatic rings. The molecule has 1 amide bonds. The zero-order chi connectivity index (χ0) is 12.4. The van der Waals surface area contributed by atoms with E-state index in [1.807, 2.05) is 36.4 Å². The maximum absolute atomic E-state index is 11.9. The molecule has 0 spiro atoms. The van der Waals surface area contributed by atoms with Crippen molar-refractivity contribution in [2.45, 2.75) is 6.54 Å². The standard InChI is InChI=1S/C14H12N2O2/c17-13-10-18-12-7-4-8-15-14(12)16(13)9-11-5-2-1-3-6-11/h1-8H,9-10H2. The minimum Gasteiger partial charge on any atom is -0.480 e. The molecule has 2 aromatic rings. The van der Waals surface area contributed by atoms with Crippen LogP contribution in [-0.4, -0.2) is 17.5 Å². The third-order valence-electron chi connectivity index (χ3n) is 2.84. The van der Waals surface area contributed by atoms with E-state index in [1.165, 1.54) is 0 Å². The first-order valence-electron chi connectivity index (χ1n) is 5.77. The molecule has 4 heteroatoms. The first-order valence-corrected chi connectivity index (χ1v) is 5.77. The molecule has 90 valence electrons. The number of hydrogen-bond acceptors (Lipinski definition) is 3. The predicted molar refractivity (Wildman–Crippen MR) is 67.4 cm³/mol. The van der Waals surface area contributed by atoms with E-state index in [0.717, 1.165) is 5.56 Å². The minimum atomic E-state index is -0.0648. The summed E-state index contributed by atoms with van der Waals surface area (Å²) >= 11 is 0. The van der Waals surface area contributed by atoms with Gasteiger partial charge in [0.05, 0.1) is 6.54 Å². The number of fused-ring (bicyclic) bond motifs is 1. The Labute approximate surface area is 105 Å². The van der Waals surface area contributed by atoms with Crippen molar-refractivity contribution in [3.8, 4) is 5.75 Å². The quantitative estimate of drug-likeness (QED) is 0.806. The Morgan fingerprint density at radius 1 is 1.17 bits per heavy atom. The van der Waals surface area contributed by atoms with Crippen LogP contribution in [0.3, 0.4) is 0 Å². The molecule has 0 bridgehead atoms. The van der Waals surface area contributed by atoms with Gasteiger partial charge in [-0.25, -0.2) is 4.98 Å². The van der Waals surface area contributed by atoms with E-state index in [9.17, 15) is 4.79 Å². The Balaban J connectivity index is 1.94. The second-order valence-corrected chi connectivity index (χ2v) is 4.08. The number of benzene rings is 1. The van der Waals surface area contributed by atoms with Gasteiger partial charge >= 0.3 is 0 Å². The number of amides is 1. The maximum atomic E-state index is 11.9. The van der Waals surface area contributed by atoms with Gasteiger partial charge in [-0.2, -0.15) is 0 Å². The Bertz CT molecular complexity index is 569. The van der Waals surface area contributed by atoms with Crippen LogP contribution < -0.4 is 9.64 Å². The van der Waals surface area contributed by atoms with E-state index in [4.69, 9.17) is 4.74 Å². The van der Waals surface area contributed by atoms with Crippen molar-refractivity contribution in [1.82, 2.24) is 4.98 Å². The number of carbonyl (C=O) groups is 1. The molecule has 2 heterocycles. The molecular weight excluding hydrogens is 228 g/mol. The molecule has 18 heavy (non-hydrogen) atoms. The maximum Gasteiger partial charge on any atom is 0.266 e. The predicted octanol–water partition coefficient (Wildman–Crippen LogP) is 2.01. The molecule has 0 atom stereocenters. The highest BCUT2D eigenvalue weighted by Crippen LogP contribution is 2.29. The lowest BCUT2D eigenvalue weighted by Crippen LogP contribution is -2.38. The van der Waals surface area contributed by atoms with Gasteiger partial charge in [-0.3, -0.25) is 9.69 Å². The molecule has 0 radical (unpaired) electrons. The van der Waals surface area contributed by atoms with Crippen LogP contribution in [-0.2, 0) is 11.3 Å². The Kier molecular flexibility index (Phi) is 2.68. The number of rotatable bonds is 2. The molecule has 0 N–H and O–H groups in total. The molecule has 0 saturated heterocycles. The molecule has 0 aliphatic carbocycles. The van der Waals surface area contributed by atoms with Crippen LogP contribution in [0.25, 0.3) is 0 Å². The van der Waals surface area contributed by atoms with Gasteiger partial charge in [-0.15, -0.1) is 0 Å². The summed E-state index contributed by atoms with van der Waals surface area (Å²) in [4.78, 5) is 17.8. The Morgan fingerprint density at radius 2 is 2.00 bits per heavy atom. The van der Waals surface area contributed by atoms with Crippen molar-refractivity contribution in [3.63, 3.8) is 0 Å². The Morgan fingerprint density at radius 3 is 2.83 bits per heavy atom. The van der Waals surface area contributed by atoms with Gasteiger partial charge < -0.3 is 4.74 Å². The van der Waals surface area contributed by atoms with E-state index in [2.05, 4.69) is 4.98 Å². The topological polar surface area (TPSA) is 42.4 Å². The van der Waals surface area contributed by atoms with Crippen LogP contribution >= 0.6 is 0 Å². The van der Waals surface area contributed by atoms with E-state index >= 15 is 0 Å². The number of ether oxygens (including phenoxy) is 1. The summed E-state index contributed by atoms with van der Waals surface area (Å²) in [6.45, 7) is 0.596. The number of carbonyl (C=O) groups excluding carboxylic acids is 1. The van der Waals surface area contributed by atoms with E-state index in [-0.39, 0.29) is 12.5 Å². The zero-order valence-electron chi connectivity index (χ0n) is 9.74. The largest absolute Gasteiger partial charge is 0.480 e. The van der Waals surface area contributed by atoms with Gasteiger partial charge in [0.15, 0.2) is 18.2 Å². The average Bonchev–Trinajstić information content (AvgIpc) is 2.43. The van der Waals surface area contributed by atoms with Gasteiger partial charge in [0.2, 0.25) is 0 Å². The number of aromatic nitrogens is 1. The van der Waals surface area contributed by atoms with Crippen LogP contribution in [0.15, 0.2) is 48.7 Å². The lowest BCUT2D eigenvalue weighted by atomic mass is 10.2. The van der Waals surface area contributed by atoms with E-state index < -0.39 is 0 Å². The van der Waals surface area contributed by atoms with Crippen molar-refractivity contribution in [1.29, 1.82) is 0 Å². The lowest BCUT2D eigenvalue weighted by Gasteiger charge is -2.28. The highest BCUT2D eigenvalue weighted by atomic mass is 16.5. The number of anilines is 1. The van der Waals surface area contributed by atoms with E-state index in [0.29, 0.717) is 18.1 Å². The summed E-state index contributed by atoms with van der Waals surface area (Å²) in [6.07, 6.45) is 1.67. The van der Waals surface area contributed by atoms with Gasteiger partial charge in [-0.05, 0) is 17.7 Å². The van der Waals surface area contributed by atoms with Crippen LogP contribution in [0, 0.1) is 0 Å². The van der Waals surface area contributed by atoms with E-state index in [1.54, 1.807) is 17.2 Å². The molecule has 0 unspecified atom stereocenters.